The van der Waals surface area contributed by atoms with Crippen molar-refractivity contribution in [3.63, 3.8) is 0 Å². The fourth-order valence-electron chi connectivity index (χ4n) is 0.565. The fourth-order valence-corrected chi connectivity index (χ4v) is 0.565. The zero-order valence-corrected chi connectivity index (χ0v) is 4.72. The lowest BCUT2D eigenvalue weighted by Crippen LogP contribution is -1.66. The summed E-state index contributed by atoms with van der Waals surface area (Å²) in [7, 11) is 0. The molecule has 1 aliphatic rings. The summed E-state index contributed by atoms with van der Waals surface area (Å²) in [6.07, 6.45) is 10.1. The topological polar surface area (TPSA) is 0 Å². The van der Waals surface area contributed by atoms with Gasteiger partial charge in [0.2, 0.25) is 0 Å². The largest absolute Gasteiger partial charge is 0.0982 e. The van der Waals surface area contributed by atoms with Crippen LogP contribution in [0.15, 0.2) is 24.3 Å². The molecular weight excluding hydrogens is 96.1 g/mol. The Morgan fingerprint density at radius 3 is 3.25 bits per heavy atom. The Hall–Kier alpha value is -0.960. The van der Waals surface area contributed by atoms with Gasteiger partial charge in [0.1, 0.15) is 0 Å². The third-order valence-electron chi connectivity index (χ3n) is 0.965. The molecule has 0 heteroatoms. The van der Waals surface area contributed by atoms with Crippen molar-refractivity contribution >= 4 is 0 Å². The van der Waals surface area contributed by atoms with E-state index in [4.69, 9.17) is 0 Å². The summed E-state index contributed by atoms with van der Waals surface area (Å²) in [6, 6.07) is 0. The standard InChI is InChI=1S/C8H8/c1-2-4-6-8-7-5-3-1/h1-4H,5,7H2/b3-1+,4-2-. The summed E-state index contributed by atoms with van der Waals surface area (Å²) in [5, 5.41) is 0. The van der Waals surface area contributed by atoms with Gasteiger partial charge in [-0.05, 0) is 12.5 Å². The second-order valence-corrected chi connectivity index (χ2v) is 1.65. The third kappa shape index (κ3) is 1.66. The van der Waals surface area contributed by atoms with Crippen molar-refractivity contribution in [3.8, 4) is 11.8 Å². The van der Waals surface area contributed by atoms with Crippen molar-refractivity contribution < 1.29 is 0 Å². The number of rotatable bonds is 0. The van der Waals surface area contributed by atoms with Gasteiger partial charge in [0.25, 0.3) is 0 Å². The van der Waals surface area contributed by atoms with Gasteiger partial charge in [-0.3, -0.25) is 0 Å². The summed E-state index contributed by atoms with van der Waals surface area (Å²) in [5.74, 6) is 5.90. The molecule has 0 aromatic rings. The number of hydrogen-bond donors (Lipinski definition) is 0. The molecule has 0 aromatic heterocycles. The van der Waals surface area contributed by atoms with Crippen molar-refractivity contribution in [2.75, 3.05) is 0 Å². The van der Waals surface area contributed by atoms with Crippen molar-refractivity contribution in [2.45, 2.75) is 12.8 Å². The Balaban J connectivity index is 2.58. The maximum atomic E-state index is 3.00. The predicted octanol–water partition coefficient (Wildman–Crippen LogP) is 1.90. The highest BCUT2D eigenvalue weighted by atomic mass is 13.8. The van der Waals surface area contributed by atoms with E-state index in [0.717, 1.165) is 12.8 Å². The highest BCUT2D eigenvalue weighted by molar-refractivity contribution is 5.21. The molecule has 0 fully saturated rings. The van der Waals surface area contributed by atoms with Crippen LogP contribution in [0.3, 0.4) is 0 Å². The van der Waals surface area contributed by atoms with Crippen LogP contribution in [0.4, 0.5) is 0 Å². The average molecular weight is 104 g/mol. The normalized spacial score (nSPS) is 24.0. The second kappa shape index (κ2) is 3.10. The molecule has 40 valence electrons. The van der Waals surface area contributed by atoms with Crippen LogP contribution < -0.4 is 0 Å². The van der Waals surface area contributed by atoms with E-state index in [-0.39, 0.29) is 0 Å². The smallest absolute Gasteiger partial charge is 0.0127 e. The summed E-state index contributed by atoms with van der Waals surface area (Å²) in [6.45, 7) is 0. The summed E-state index contributed by atoms with van der Waals surface area (Å²) in [5.41, 5.74) is 0. The van der Waals surface area contributed by atoms with Crippen LogP contribution in [0, 0.1) is 11.8 Å². The quantitative estimate of drug-likeness (QED) is 0.412. The van der Waals surface area contributed by atoms with Crippen LogP contribution in [0.1, 0.15) is 12.8 Å². The Labute approximate surface area is 49.9 Å². The molecular formula is C8H8. The van der Waals surface area contributed by atoms with Crippen LogP contribution in [0.2, 0.25) is 0 Å². The van der Waals surface area contributed by atoms with Crippen LogP contribution in [-0.4, -0.2) is 0 Å². The highest BCUT2D eigenvalue weighted by Gasteiger charge is 1.74. The molecule has 0 bridgehead atoms. The van der Waals surface area contributed by atoms with Gasteiger partial charge in [-0.25, -0.2) is 0 Å². The molecule has 8 heavy (non-hydrogen) atoms. The van der Waals surface area contributed by atoms with Gasteiger partial charge in [0.05, 0.1) is 0 Å². The van der Waals surface area contributed by atoms with E-state index in [2.05, 4.69) is 17.9 Å². The summed E-state index contributed by atoms with van der Waals surface area (Å²) >= 11 is 0. The maximum Gasteiger partial charge on any atom is 0.0127 e. The molecule has 1 rings (SSSR count). The molecule has 0 amide bonds. The van der Waals surface area contributed by atoms with Gasteiger partial charge >= 0.3 is 0 Å². The molecule has 0 N–H and O–H groups in total. The minimum Gasteiger partial charge on any atom is -0.0982 e. The Morgan fingerprint density at radius 1 is 1.25 bits per heavy atom. The Kier molecular flexibility index (Phi) is 2.01. The minimum absolute atomic E-state index is 1.00. The van der Waals surface area contributed by atoms with Gasteiger partial charge in [-0.15, -0.1) is 0 Å². The monoisotopic (exact) mass is 104 g/mol. The number of allylic oxidation sites excluding steroid dienone is 4. The van der Waals surface area contributed by atoms with Gasteiger partial charge in [0.15, 0.2) is 0 Å². The molecule has 0 aromatic carbocycles. The zero-order valence-electron chi connectivity index (χ0n) is 4.72. The minimum atomic E-state index is 1.00. The van der Waals surface area contributed by atoms with Crippen LogP contribution in [0.25, 0.3) is 0 Å². The summed E-state index contributed by atoms with van der Waals surface area (Å²) < 4.78 is 0. The van der Waals surface area contributed by atoms with Gasteiger partial charge in [0, 0.05) is 6.42 Å². The lowest BCUT2D eigenvalue weighted by atomic mass is 10.2. The molecule has 0 saturated carbocycles. The second-order valence-electron chi connectivity index (χ2n) is 1.65. The van der Waals surface area contributed by atoms with Crippen LogP contribution in [-0.2, 0) is 0 Å². The SMILES string of the molecule is C1#CCC/C=C/C=C\1. The first-order valence-electron chi connectivity index (χ1n) is 2.80. The first kappa shape index (κ1) is 5.18. The Bertz CT molecular complexity index is 162. The molecule has 0 nitrogen and oxygen atoms in total. The molecule has 0 aliphatic heterocycles. The van der Waals surface area contributed by atoms with Crippen molar-refractivity contribution in [2.24, 2.45) is 0 Å². The molecule has 0 spiro atoms. The lowest BCUT2D eigenvalue weighted by Gasteiger charge is -1.82. The van der Waals surface area contributed by atoms with E-state index < -0.39 is 0 Å². The maximum absolute atomic E-state index is 3.00. The van der Waals surface area contributed by atoms with E-state index in [1.807, 2.05) is 18.2 Å². The van der Waals surface area contributed by atoms with Gasteiger partial charge < -0.3 is 0 Å². The molecule has 0 heterocycles. The molecule has 0 saturated heterocycles. The Morgan fingerprint density at radius 2 is 2.25 bits per heavy atom. The van der Waals surface area contributed by atoms with E-state index in [9.17, 15) is 0 Å². The van der Waals surface area contributed by atoms with E-state index >= 15 is 0 Å². The third-order valence-corrected chi connectivity index (χ3v) is 0.965. The zero-order chi connectivity index (χ0) is 5.66. The lowest BCUT2D eigenvalue weighted by molar-refractivity contribution is 1.08. The first-order valence-corrected chi connectivity index (χ1v) is 2.80. The highest BCUT2D eigenvalue weighted by Crippen LogP contribution is 1.91. The van der Waals surface area contributed by atoms with Crippen molar-refractivity contribution in [1.82, 2.24) is 0 Å². The van der Waals surface area contributed by atoms with E-state index in [1.54, 1.807) is 0 Å². The molecule has 0 atom stereocenters. The molecule has 0 radical (unpaired) electrons. The van der Waals surface area contributed by atoms with Gasteiger partial charge in [-0.2, -0.15) is 0 Å². The van der Waals surface area contributed by atoms with E-state index in [1.165, 1.54) is 0 Å². The average Bonchev–Trinajstić information content (AvgIpc) is 1.62. The van der Waals surface area contributed by atoms with Crippen molar-refractivity contribution in [1.29, 1.82) is 0 Å². The van der Waals surface area contributed by atoms with Gasteiger partial charge in [-0.1, -0.05) is 30.1 Å². The fraction of sp³-hybridized carbons (Fsp3) is 0.250. The van der Waals surface area contributed by atoms with Crippen LogP contribution >= 0.6 is 0 Å². The first-order chi connectivity index (χ1) is 4.00. The van der Waals surface area contributed by atoms with Crippen LogP contribution in [0.5, 0.6) is 0 Å². The van der Waals surface area contributed by atoms with E-state index in [0.29, 0.717) is 0 Å². The predicted molar refractivity (Wildman–Crippen MR) is 35.3 cm³/mol. The molecule has 1 aliphatic carbocycles. The summed E-state index contributed by atoms with van der Waals surface area (Å²) in [4.78, 5) is 0. The number of hydrogen-bond acceptors (Lipinski definition) is 0. The van der Waals surface area contributed by atoms with Crippen molar-refractivity contribution in [3.05, 3.63) is 24.3 Å². The molecule has 0 unspecified atom stereocenters.